The minimum absolute atomic E-state index is 0.163. The molecular weight excluding hydrogens is 326 g/mol. The number of benzene rings is 2. The van der Waals surface area contributed by atoms with E-state index in [9.17, 15) is 0 Å². The lowest BCUT2D eigenvalue weighted by Crippen LogP contribution is -2.37. The van der Waals surface area contributed by atoms with Crippen LogP contribution in [-0.4, -0.2) is 5.60 Å². The van der Waals surface area contributed by atoms with Gasteiger partial charge >= 0.3 is 0 Å². The molecule has 0 aliphatic carbocycles. The van der Waals surface area contributed by atoms with Crippen LogP contribution < -0.4 is 10.1 Å². The smallest absolute Gasteiger partial charge is 0.125 e. The van der Waals surface area contributed by atoms with Crippen LogP contribution in [0.2, 0.25) is 0 Å². The minimum atomic E-state index is -0.163. The van der Waals surface area contributed by atoms with Crippen molar-refractivity contribution >= 4 is 21.6 Å². The summed E-state index contributed by atoms with van der Waals surface area (Å²) in [5.74, 6) is 0.981. The van der Waals surface area contributed by atoms with Crippen molar-refractivity contribution in [3.05, 3.63) is 58.1 Å². The highest BCUT2D eigenvalue weighted by Crippen LogP contribution is 2.41. The van der Waals surface area contributed by atoms with Crippen LogP contribution in [0.25, 0.3) is 0 Å². The third kappa shape index (κ3) is 3.08. The van der Waals surface area contributed by atoms with E-state index in [4.69, 9.17) is 4.74 Å². The maximum Gasteiger partial charge on any atom is 0.125 e. The zero-order valence-electron chi connectivity index (χ0n) is 12.6. The highest BCUT2D eigenvalue weighted by atomic mass is 79.9. The number of hydrogen-bond donors (Lipinski definition) is 1. The molecule has 3 heteroatoms. The maximum atomic E-state index is 6.08. The van der Waals surface area contributed by atoms with E-state index >= 15 is 0 Å². The minimum Gasteiger partial charge on any atom is -0.487 e. The molecule has 1 aliphatic heterocycles. The van der Waals surface area contributed by atoms with Gasteiger partial charge in [-0.05, 0) is 60.5 Å². The number of aryl methyl sites for hydroxylation is 1. The molecule has 3 rings (SSSR count). The van der Waals surface area contributed by atoms with E-state index < -0.39 is 0 Å². The van der Waals surface area contributed by atoms with Crippen LogP contribution in [0.5, 0.6) is 5.75 Å². The Bertz CT molecular complexity index is 666. The molecule has 2 nitrogen and oxygen atoms in total. The van der Waals surface area contributed by atoms with Gasteiger partial charge in [-0.2, -0.15) is 0 Å². The van der Waals surface area contributed by atoms with Gasteiger partial charge in [0.25, 0.3) is 0 Å². The molecule has 2 aromatic carbocycles. The van der Waals surface area contributed by atoms with E-state index in [2.05, 4.69) is 78.4 Å². The molecule has 0 aromatic heterocycles. The van der Waals surface area contributed by atoms with Crippen LogP contribution in [0, 0.1) is 6.92 Å². The SMILES string of the molecule is Cc1ccc(NC2CC(C)(C)Oc3ccccc32)c(Br)c1. The molecule has 0 fully saturated rings. The van der Waals surface area contributed by atoms with Crippen molar-refractivity contribution < 1.29 is 4.74 Å². The lowest BCUT2D eigenvalue weighted by molar-refractivity contribution is 0.0759. The summed E-state index contributed by atoms with van der Waals surface area (Å²) < 4.78 is 7.19. The number of fused-ring (bicyclic) bond motifs is 1. The second-order valence-corrected chi connectivity index (χ2v) is 7.14. The Kier molecular flexibility index (Phi) is 3.70. The largest absolute Gasteiger partial charge is 0.487 e. The van der Waals surface area contributed by atoms with Gasteiger partial charge in [-0.3, -0.25) is 0 Å². The summed E-state index contributed by atoms with van der Waals surface area (Å²) in [7, 11) is 0. The lowest BCUT2D eigenvalue weighted by Gasteiger charge is -2.38. The first-order chi connectivity index (χ1) is 9.94. The summed E-state index contributed by atoms with van der Waals surface area (Å²) in [4.78, 5) is 0. The second kappa shape index (κ2) is 5.38. The molecule has 1 aliphatic rings. The van der Waals surface area contributed by atoms with Crippen molar-refractivity contribution in [2.45, 2.75) is 38.8 Å². The zero-order valence-corrected chi connectivity index (χ0v) is 14.2. The summed E-state index contributed by atoms with van der Waals surface area (Å²) in [6.45, 7) is 6.38. The van der Waals surface area contributed by atoms with E-state index in [0.717, 1.165) is 22.3 Å². The van der Waals surface area contributed by atoms with E-state index in [-0.39, 0.29) is 11.6 Å². The van der Waals surface area contributed by atoms with Gasteiger partial charge < -0.3 is 10.1 Å². The third-order valence-corrected chi connectivity index (χ3v) is 4.49. The Labute approximate surface area is 134 Å². The fourth-order valence-electron chi connectivity index (χ4n) is 2.86. The number of ether oxygens (including phenoxy) is 1. The Hall–Kier alpha value is -1.48. The standard InChI is InChI=1S/C18H20BrNO/c1-12-8-9-15(14(19)10-12)20-16-11-18(2,3)21-17-7-5-4-6-13(16)17/h4-10,16,20H,11H2,1-3H3. The molecule has 1 heterocycles. The summed E-state index contributed by atoms with van der Waals surface area (Å²) in [5, 5.41) is 3.66. The Balaban J connectivity index is 1.94. The molecule has 0 saturated carbocycles. The summed E-state index contributed by atoms with van der Waals surface area (Å²) in [5.41, 5.74) is 3.44. The number of para-hydroxylation sites is 1. The average Bonchev–Trinajstić information content (AvgIpc) is 2.40. The molecule has 2 aromatic rings. The van der Waals surface area contributed by atoms with Gasteiger partial charge in [0.05, 0.1) is 6.04 Å². The molecule has 110 valence electrons. The molecule has 1 N–H and O–H groups in total. The molecule has 0 radical (unpaired) electrons. The highest BCUT2D eigenvalue weighted by molar-refractivity contribution is 9.10. The molecule has 0 saturated heterocycles. The van der Waals surface area contributed by atoms with E-state index in [0.29, 0.717) is 0 Å². The number of hydrogen-bond acceptors (Lipinski definition) is 2. The van der Waals surface area contributed by atoms with Gasteiger partial charge in [0, 0.05) is 22.1 Å². The molecule has 0 bridgehead atoms. The number of rotatable bonds is 2. The molecule has 0 spiro atoms. The van der Waals surface area contributed by atoms with Crippen LogP contribution in [0.15, 0.2) is 46.9 Å². The first kappa shape index (κ1) is 14.5. The topological polar surface area (TPSA) is 21.3 Å². The van der Waals surface area contributed by atoms with Gasteiger partial charge in [-0.15, -0.1) is 0 Å². The maximum absolute atomic E-state index is 6.08. The Morgan fingerprint density at radius 1 is 1.19 bits per heavy atom. The van der Waals surface area contributed by atoms with Crippen molar-refractivity contribution in [2.75, 3.05) is 5.32 Å². The van der Waals surface area contributed by atoms with Crippen molar-refractivity contribution in [3.8, 4) is 5.75 Å². The molecule has 21 heavy (non-hydrogen) atoms. The zero-order chi connectivity index (χ0) is 15.0. The molecule has 1 unspecified atom stereocenters. The van der Waals surface area contributed by atoms with Crippen molar-refractivity contribution in [2.24, 2.45) is 0 Å². The van der Waals surface area contributed by atoms with Gasteiger partial charge in [0.15, 0.2) is 0 Å². The first-order valence-corrected chi connectivity index (χ1v) is 8.04. The van der Waals surface area contributed by atoms with Crippen LogP contribution in [0.3, 0.4) is 0 Å². The summed E-state index contributed by atoms with van der Waals surface area (Å²) in [6.07, 6.45) is 0.935. The first-order valence-electron chi connectivity index (χ1n) is 7.25. The Morgan fingerprint density at radius 2 is 1.95 bits per heavy atom. The monoisotopic (exact) mass is 345 g/mol. The van der Waals surface area contributed by atoms with Crippen LogP contribution in [0.4, 0.5) is 5.69 Å². The lowest BCUT2D eigenvalue weighted by atomic mass is 9.89. The third-order valence-electron chi connectivity index (χ3n) is 3.83. The van der Waals surface area contributed by atoms with E-state index in [1.165, 1.54) is 11.1 Å². The summed E-state index contributed by atoms with van der Waals surface area (Å²) in [6, 6.07) is 14.9. The van der Waals surface area contributed by atoms with Crippen LogP contribution in [0.1, 0.15) is 37.4 Å². The van der Waals surface area contributed by atoms with Crippen LogP contribution >= 0.6 is 15.9 Å². The predicted molar refractivity (Wildman–Crippen MR) is 91.0 cm³/mol. The quantitative estimate of drug-likeness (QED) is 0.778. The van der Waals surface area contributed by atoms with E-state index in [1.54, 1.807) is 0 Å². The van der Waals surface area contributed by atoms with Gasteiger partial charge in [-0.25, -0.2) is 0 Å². The van der Waals surface area contributed by atoms with Crippen LogP contribution in [-0.2, 0) is 0 Å². The molecule has 0 amide bonds. The Morgan fingerprint density at radius 3 is 2.71 bits per heavy atom. The van der Waals surface area contributed by atoms with E-state index in [1.807, 2.05) is 6.07 Å². The normalized spacial score (nSPS) is 19.5. The molecular formula is C18H20BrNO. The number of anilines is 1. The van der Waals surface area contributed by atoms with Gasteiger partial charge in [-0.1, -0.05) is 24.3 Å². The number of halogens is 1. The average molecular weight is 346 g/mol. The predicted octanol–water partition coefficient (Wildman–Crippen LogP) is 5.47. The summed E-state index contributed by atoms with van der Waals surface area (Å²) >= 11 is 3.65. The van der Waals surface area contributed by atoms with Crippen molar-refractivity contribution in [1.82, 2.24) is 0 Å². The van der Waals surface area contributed by atoms with Crippen molar-refractivity contribution in [1.29, 1.82) is 0 Å². The fraction of sp³-hybridized carbons (Fsp3) is 0.333. The van der Waals surface area contributed by atoms with Crippen molar-refractivity contribution in [3.63, 3.8) is 0 Å². The molecule has 1 atom stereocenters. The van der Waals surface area contributed by atoms with Gasteiger partial charge in [0.1, 0.15) is 11.4 Å². The second-order valence-electron chi connectivity index (χ2n) is 6.28. The van der Waals surface area contributed by atoms with Gasteiger partial charge in [0.2, 0.25) is 0 Å². The fourth-order valence-corrected chi connectivity index (χ4v) is 3.46. The number of nitrogens with one attached hydrogen (secondary N) is 1. The highest BCUT2D eigenvalue weighted by Gasteiger charge is 2.33.